The van der Waals surface area contributed by atoms with Gasteiger partial charge in [-0.05, 0) is 60.6 Å². The van der Waals surface area contributed by atoms with Crippen LogP contribution in [-0.2, 0) is 16.0 Å². The summed E-state index contributed by atoms with van der Waals surface area (Å²) in [5.74, 6) is -0.626. The van der Waals surface area contributed by atoms with Gasteiger partial charge < -0.3 is 15.2 Å². The summed E-state index contributed by atoms with van der Waals surface area (Å²) >= 11 is 6.28. The highest BCUT2D eigenvalue weighted by Crippen LogP contribution is 2.33. The molecule has 29 heavy (non-hydrogen) atoms. The zero-order chi connectivity index (χ0) is 22.1. The fraction of sp³-hybridized carbons (Fsp3) is 0.435. The molecular formula is C23H31ClFNO3. The van der Waals surface area contributed by atoms with Crippen LogP contribution in [0, 0.1) is 12.7 Å². The van der Waals surface area contributed by atoms with Crippen molar-refractivity contribution in [3.8, 4) is 5.75 Å². The van der Waals surface area contributed by atoms with Gasteiger partial charge in [-0.25, -0.2) is 4.39 Å². The first-order chi connectivity index (χ1) is 13.7. The number of phenols is 1. The lowest BCUT2D eigenvalue weighted by molar-refractivity contribution is -0.140. The summed E-state index contributed by atoms with van der Waals surface area (Å²) in [7, 11) is 0. The molecule has 0 saturated heterocycles. The highest BCUT2D eigenvalue weighted by Gasteiger charge is 2.17. The molecule has 2 rings (SSSR count). The zero-order valence-electron chi connectivity index (χ0n) is 18.0. The maximum absolute atomic E-state index is 14.7. The number of rotatable bonds is 7. The minimum absolute atomic E-state index is 0.0283. The molecule has 0 amide bonds. The molecule has 0 bridgehead atoms. The fourth-order valence-electron chi connectivity index (χ4n) is 2.90. The first kappa shape index (κ1) is 24.8. The number of carbonyl (C=O) groups excluding carboxylic acids is 1. The van der Waals surface area contributed by atoms with Crippen LogP contribution in [0.1, 0.15) is 62.8 Å². The Morgan fingerprint density at radius 3 is 2.52 bits per heavy atom. The summed E-state index contributed by atoms with van der Waals surface area (Å²) in [4.78, 5) is 11.5. The van der Waals surface area contributed by atoms with E-state index in [9.17, 15) is 14.3 Å². The summed E-state index contributed by atoms with van der Waals surface area (Å²) in [5, 5.41) is 12.7. The van der Waals surface area contributed by atoms with E-state index in [4.69, 9.17) is 16.3 Å². The molecule has 0 aliphatic heterocycles. The van der Waals surface area contributed by atoms with Crippen molar-refractivity contribution >= 4 is 23.3 Å². The molecule has 0 spiro atoms. The molecule has 0 aliphatic rings. The van der Waals surface area contributed by atoms with E-state index in [0.717, 1.165) is 16.7 Å². The molecule has 0 atom stereocenters. The molecule has 0 radical (unpaired) electrons. The van der Waals surface area contributed by atoms with Crippen LogP contribution >= 0.6 is 11.6 Å². The van der Waals surface area contributed by atoms with Crippen LogP contribution in [0.2, 0.25) is 5.02 Å². The molecule has 0 fully saturated rings. The van der Waals surface area contributed by atoms with Crippen LogP contribution in [0.15, 0.2) is 24.3 Å². The van der Waals surface area contributed by atoms with E-state index in [0.29, 0.717) is 12.0 Å². The van der Waals surface area contributed by atoms with E-state index < -0.39 is 11.8 Å². The van der Waals surface area contributed by atoms with E-state index in [1.54, 1.807) is 19.1 Å². The highest BCUT2D eigenvalue weighted by molar-refractivity contribution is 6.32. The van der Waals surface area contributed by atoms with E-state index >= 15 is 0 Å². The van der Waals surface area contributed by atoms with Gasteiger partial charge in [-0.15, -0.1) is 0 Å². The van der Waals surface area contributed by atoms with Gasteiger partial charge >= 0.3 is 5.97 Å². The molecule has 0 aliphatic carbocycles. The molecule has 0 heterocycles. The van der Waals surface area contributed by atoms with Gasteiger partial charge in [-0.3, -0.25) is 4.79 Å². The number of carbonyl (C=O) groups is 1. The minimum Gasteiger partial charge on any atom is -0.508 e. The van der Waals surface area contributed by atoms with Gasteiger partial charge in [0.15, 0.2) is 5.82 Å². The largest absolute Gasteiger partial charge is 0.508 e. The standard InChI is InChI=1S/C21H25ClFNO3.C2H6/c1-5-27-19(26)11-24-17-8-13(4)16(20(22)21(17)23)10-14-6-7-18(25)15(9-14)12(2)3;1-2/h6-9,12,24-25H,5,10-11H2,1-4H3;1-2H3. The van der Waals surface area contributed by atoms with Gasteiger partial charge in [-0.2, -0.15) is 0 Å². The molecule has 4 nitrogen and oxygen atoms in total. The van der Waals surface area contributed by atoms with Crippen LogP contribution < -0.4 is 5.32 Å². The number of ether oxygens (including phenoxy) is 1. The SMILES string of the molecule is CC.CCOC(=O)CNc1cc(C)c(Cc2ccc(O)c(C(C)C)c2)c(Cl)c1F. The summed E-state index contributed by atoms with van der Waals surface area (Å²) in [6.45, 7) is 11.7. The number of hydrogen-bond donors (Lipinski definition) is 2. The van der Waals surface area contributed by atoms with E-state index in [1.807, 2.05) is 46.8 Å². The third-order valence-electron chi connectivity index (χ3n) is 4.35. The van der Waals surface area contributed by atoms with E-state index in [1.165, 1.54) is 0 Å². The predicted molar refractivity (Wildman–Crippen MR) is 118 cm³/mol. The van der Waals surface area contributed by atoms with Gasteiger partial charge in [0.1, 0.15) is 12.3 Å². The lowest BCUT2D eigenvalue weighted by atomic mass is 9.94. The van der Waals surface area contributed by atoms with E-state index in [2.05, 4.69) is 5.32 Å². The molecule has 2 aromatic carbocycles. The highest BCUT2D eigenvalue weighted by atomic mass is 35.5. The lowest BCUT2D eigenvalue weighted by Crippen LogP contribution is -2.17. The van der Waals surface area contributed by atoms with Gasteiger partial charge in [0, 0.05) is 0 Å². The quantitative estimate of drug-likeness (QED) is 0.520. The van der Waals surface area contributed by atoms with Crippen LogP contribution in [0.25, 0.3) is 0 Å². The maximum atomic E-state index is 14.7. The number of benzene rings is 2. The smallest absolute Gasteiger partial charge is 0.325 e. The van der Waals surface area contributed by atoms with Crippen LogP contribution in [0.5, 0.6) is 5.75 Å². The van der Waals surface area contributed by atoms with Crippen molar-refractivity contribution in [2.45, 2.75) is 53.9 Å². The van der Waals surface area contributed by atoms with Crippen molar-refractivity contribution in [1.29, 1.82) is 0 Å². The molecule has 160 valence electrons. The first-order valence-corrected chi connectivity index (χ1v) is 10.3. The lowest BCUT2D eigenvalue weighted by Gasteiger charge is -2.16. The Kier molecular flexibility index (Phi) is 9.96. The van der Waals surface area contributed by atoms with E-state index in [-0.39, 0.29) is 35.5 Å². The minimum atomic E-state index is -0.593. The Bertz CT molecular complexity index is 837. The Labute approximate surface area is 178 Å². The number of aryl methyl sites for hydroxylation is 1. The normalized spacial score (nSPS) is 10.4. The summed E-state index contributed by atoms with van der Waals surface area (Å²) < 4.78 is 19.5. The monoisotopic (exact) mass is 423 g/mol. The third kappa shape index (κ3) is 6.64. The average molecular weight is 424 g/mol. The van der Waals surface area contributed by atoms with Gasteiger partial charge in [-0.1, -0.05) is 51.4 Å². The number of anilines is 1. The molecule has 0 aromatic heterocycles. The molecule has 2 N–H and O–H groups in total. The van der Waals surface area contributed by atoms with Crippen molar-refractivity contribution < 1.29 is 19.0 Å². The average Bonchev–Trinajstić information content (AvgIpc) is 2.69. The van der Waals surface area contributed by atoms with Crippen molar-refractivity contribution in [1.82, 2.24) is 0 Å². The summed E-state index contributed by atoms with van der Waals surface area (Å²) in [5.41, 5.74) is 3.44. The number of hydrogen-bond acceptors (Lipinski definition) is 4. The Hall–Kier alpha value is -2.27. The van der Waals surface area contributed by atoms with Crippen LogP contribution in [0.3, 0.4) is 0 Å². The zero-order valence-corrected chi connectivity index (χ0v) is 18.8. The van der Waals surface area contributed by atoms with Gasteiger partial charge in [0.25, 0.3) is 0 Å². The Balaban J connectivity index is 0.00000204. The number of phenolic OH excluding ortho intramolecular Hbond substituents is 1. The van der Waals surface area contributed by atoms with Crippen LogP contribution in [0.4, 0.5) is 10.1 Å². The van der Waals surface area contributed by atoms with Gasteiger partial charge in [0.05, 0.1) is 17.3 Å². The molecule has 2 aromatic rings. The predicted octanol–water partition coefficient (Wildman–Crippen LogP) is 6.21. The summed E-state index contributed by atoms with van der Waals surface area (Å²) in [6, 6.07) is 7.02. The van der Waals surface area contributed by atoms with Gasteiger partial charge in [0.2, 0.25) is 0 Å². The molecule has 0 unspecified atom stereocenters. The first-order valence-electron chi connectivity index (χ1n) is 9.93. The maximum Gasteiger partial charge on any atom is 0.325 e. The number of aromatic hydroxyl groups is 1. The fourth-order valence-corrected chi connectivity index (χ4v) is 3.21. The Morgan fingerprint density at radius 1 is 1.28 bits per heavy atom. The number of esters is 1. The van der Waals surface area contributed by atoms with Crippen molar-refractivity contribution in [3.05, 3.63) is 57.4 Å². The number of nitrogens with one attached hydrogen (secondary N) is 1. The summed E-state index contributed by atoms with van der Waals surface area (Å²) in [6.07, 6.45) is 0.444. The number of halogens is 2. The van der Waals surface area contributed by atoms with Crippen molar-refractivity contribution in [3.63, 3.8) is 0 Å². The Morgan fingerprint density at radius 2 is 1.93 bits per heavy atom. The second-order valence-corrected chi connectivity index (χ2v) is 7.11. The molecular weight excluding hydrogens is 393 g/mol. The molecule has 6 heteroatoms. The third-order valence-corrected chi connectivity index (χ3v) is 4.75. The topological polar surface area (TPSA) is 58.6 Å². The second-order valence-electron chi connectivity index (χ2n) is 6.73. The van der Waals surface area contributed by atoms with Crippen molar-refractivity contribution in [2.75, 3.05) is 18.5 Å². The van der Waals surface area contributed by atoms with Crippen molar-refractivity contribution in [2.24, 2.45) is 0 Å². The second kappa shape index (κ2) is 11.7. The molecule has 0 saturated carbocycles. The van der Waals surface area contributed by atoms with Crippen LogP contribution in [-0.4, -0.2) is 24.2 Å².